The Labute approximate surface area is 135 Å². The van der Waals surface area contributed by atoms with Gasteiger partial charge in [0.05, 0.1) is 0 Å². The molecule has 0 unspecified atom stereocenters. The van der Waals surface area contributed by atoms with E-state index in [1.165, 1.54) is 0 Å². The number of carboxylic acid groups (broad SMARTS) is 1. The normalized spacial score (nSPS) is 10.7. The number of hydrogen-bond donors (Lipinski definition) is 3. The molecular weight excluding hydrogens is 300 g/mol. The first kappa shape index (κ1) is 18.5. The lowest BCUT2D eigenvalue weighted by molar-refractivity contribution is -0.139. The number of amides is 2. The molecule has 0 spiro atoms. The standard InChI is InChI=1S/C16H22N2O5/c1-16(2,3)15(22)17-9-8-13(19)18-11-4-6-12(7-5-11)23-10-14(20)21/h4-7H,8-10H2,1-3H3,(H,17,22)(H,18,19)(H,20,21). The predicted molar refractivity (Wildman–Crippen MR) is 85.3 cm³/mol. The Hall–Kier alpha value is -2.57. The van der Waals surface area contributed by atoms with E-state index in [0.717, 1.165) is 0 Å². The number of carboxylic acids is 1. The zero-order chi connectivity index (χ0) is 17.5. The van der Waals surface area contributed by atoms with Gasteiger partial charge in [-0.25, -0.2) is 4.79 Å². The monoisotopic (exact) mass is 322 g/mol. The van der Waals surface area contributed by atoms with Gasteiger partial charge in [-0.05, 0) is 24.3 Å². The molecule has 126 valence electrons. The van der Waals surface area contributed by atoms with Gasteiger partial charge in [0.25, 0.3) is 0 Å². The molecule has 0 fully saturated rings. The Morgan fingerprint density at radius 2 is 1.74 bits per heavy atom. The fraction of sp³-hybridized carbons (Fsp3) is 0.438. The van der Waals surface area contributed by atoms with E-state index in [9.17, 15) is 14.4 Å². The zero-order valence-electron chi connectivity index (χ0n) is 13.5. The number of benzene rings is 1. The second kappa shape index (κ2) is 8.17. The second-order valence-electron chi connectivity index (χ2n) is 6.01. The van der Waals surface area contributed by atoms with E-state index >= 15 is 0 Å². The predicted octanol–water partition coefficient (Wildman–Crippen LogP) is 1.64. The van der Waals surface area contributed by atoms with Crippen molar-refractivity contribution >= 4 is 23.5 Å². The minimum absolute atomic E-state index is 0.106. The van der Waals surface area contributed by atoms with Crippen molar-refractivity contribution < 1.29 is 24.2 Å². The van der Waals surface area contributed by atoms with Gasteiger partial charge in [-0.2, -0.15) is 0 Å². The Morgan fingerprint density at radius 3 is 2.26 bits per heavy atom. The summed E-state index contributed by atoms with van der Waals surface area (Å²) in [5.74, 6) is -0.980. The highest BCUT2D eigenvalue weighted by Gasteiger charge is 2.20. The Balaban J connectivity index is 2.37. The van der Waals surface area contributed by atoms with Crippen LogP contribution < -0.4 is 15.4 Å². The molecule has 0 aliphatic carbocycles. The average Bonchev–Trinajstić information content (AvgIpc) is 2.45. The maximum Gasteiger partial charge on any atom is 0.341 e. The minimum atomic E-state index is -1.06. The van der Waals surface area contributed by atoms with Crippen molar-refractivity contribution in [3.63, 3.8) is 0 Å². The molecule has 7 nitrogen and oxygen atoms in total. The molecule has 1 aromatic rings. The van der Waals surface area contributed by atoms with Crippen LogP contribution in [0, 0.1) is 5.41 Å². The molecule has 23 heavy (non-hydrogen) atoms. The van der Waals surface area contributed by atoms with Gasteiger partial charge in [-0.3, -0.25) is 9.59 Å². The Bertz CT molecular complexity index is 561. The van der Waals surface area contributed by atoms with E-state index in [1.54, 1.807) is 45.0 Å². The molecule has 0 heterocycles. The van der Waals surface area contributed by atoms with Crippen LogP contribution in [-0.2, 0) is 14.4 Å². The van der Waals surface area contributed by atoms with Crippen LogP contribution in [0.2, 0.25) is 0 Å². The van der Waals surface area contributed by atoms with E-state index in [4.69, 9.17) is 9.84 Å². The first-order valence-corrected chi connectivity index (χ1v) is 7.21. The van der Waals surface area contributed by atoms with Gasteiger partial charge >= 0.3 is 5.97 Å². The maximum absolute atomic E-state index is 11.8. The van der Waals surface area contributed by atoms with Crippen LogP contribution in [0.15, 0.2) is 24.3 Å². The number of aliphatic carboxylic acids is 1. The molecule has 0 aliphatic rings. The maximum atomic E-state index is 11.8. The van der Waals surface area contributed by atoms with Crippen molar-refractivity contribution in [2.24, 2.45) is 5.41 Å². The molecular formula is C16H22N2O5. The largest absolute Gasteiger partial charge is 0.482 e. The van der Waals surface area contributed by atoms with Crippen molar-refractivity contribution in [3.8, 4) is 5.75 Å². The number of rotatable bonds is 7. The fourth-order valence-corrected chi connectivity index (χ4v) is 1.56. The lowest BCUT2D eigenvalue weighted by Gasteiger charge is -2.17. The molecule has 3 N–H and O–H groups in total. The van der Waals surface area contributed by atoms with E-state index in [0.29, 0.717) is 11.4 Å². The summed E-state index contributed by atoms with van der Waals surface area (Å²) in [6.07, 6.45) is 0.166. The van der Waals surface area contributed by atoms with Crippen LogP contribution in [0.25, 0.3) is 0 Å². The van der Waals surface area contributed by atoms with Crippen LogP contribution in [0.4, 0.5) is 5.69 Å². The summed E-state index contributed by atoms with van der Waals surface area (Å²) in [7, 11) is 0. The highest BCUT2D eigenvalue weighted by atomic mass is 16.5. The minimum Gasteiger partial charge on any atom is -0.482 e. The number of carbonyl (C=O) groups excluding carboxylic acids is 2. The van der Waals surface area contributed by atoms with Crippen molar-refractivity contribution in [1.29, 1.82) is 0 Å². The highest BCUT2D eigenvalue weighted by molar-refractivity contribution is 5.91. The molecule has 1 rings (SSSR count). The number of hydrogen-bond acceptors (Lipinski definition) is 4. The third kappa shape index (κ3) is 7.30. The molecule has 7 heteroatoms. The number of anilines is 1. The van der Waals surface area contributed by atoms with Crippen molar-refractivity contribution in [1.82, 2.24) is 5.32 Å². The molecule has 0 saturated heterocycles. The van der Waals surface area contributed by atoms with Gasteiger partial charge in [0.1, 0.15) is 5.75 Å². The fourth-order valence-electron chi connectivity index (χ4n) is 1.56. The molecule has 0 saturated carbocycles. The second-order valence-corrected chi connectivity index (χ2v) is 6.01. The summed E-state index contributed by atoms with van der Waals surface area (Å²) in [5, 5.41) is 13.9. The van der Waals surface area contributed by atoms with Crippen molar-refractivity contribution in [2.45, 2.75) is 27.2 Å². The molecule has 0 atom stereocenters. The number of ether oxygens (including phenoxy) is 1. The van der Waals surface area contributed by atoms with Gasteiger partial charge < -0.3 is 20.5 Å². The summed E-state index contributed by atoms with van der Waals surface area (Å²) in [6.45, 7) is 5.25. The van der Waals surface area contributed by atoms with Gasteiger partial charge in [-0.1, -0.05) is 20.8 Å². The quantitative estimate of drug-likeness (QED) is 0.708. The lowest BCUT2D eigenvalue weighted by atomic mass is 9.96. The Morgan fingerprint density at radius 1 is 1.13 bits per heavy atom. The van der Waals surface area contributed by atoms with Gasteiger partial charge in [0, 0.05) is 24.1 Å². The summed E-state index contributed by atoms with van der Waals surface area (Å²) < 4.78 is 4.99. The topological polar surface area (TPSA) is 105 Å². The molecule has 1 aromatic carbocycles. The number of carbonyl (C=O) groups is 3. The lowest BCUT2D eigenvalue weighted by Crippen LogP contribution is -2.36. The SMILES string of the molecule is CC(C)(C)C(=O)NCCC(=O)Nc1ccc(OCC(=O)O)cc1. The third-order valence-electron chi connectivity index (χ3n) is 2.82. The first-order chi connectivity index (χ1) is 10.7. The van der Waals surface area contributed by atoms with Gasteiger partial charge in [0.2, 0.25) is 11.8 Å². The Kier molecular flexibility index (Phi) is 6.56. The molecule has 0 aliphatic heterocycles. The van der Waals surface area contributed by atoms with E-state index < -0.39 is 18.0 Å². The van der Waals surface area contributed by atoms with Crippen LogP contribution in [-0.4, -0.2) is 36.0 Å². The first-order valence-electron chi connectivity index (χ1n) is 7.21. The molecule has 0 bridgehead atoms. The van der Waals surface area contributed by atoms with E-state index in [1.807, 2.05) is 0 Å². The average molecular weight is 322 g/mol. The van der Waals surface area contributed by atoms with Crippen molar-refractivity contribution in [3.05, 3.63) is 24.3 Å². The smallest absolute Gasteiger partial charge is 0.341 e. The highest BCUT2D eigenvalue weighted by Crippen LogP contribution is 2.16. The van der Waals surface area contributed by atoms with Crippen LogP contribution in [0.5, 0.6) is 5.75 Å². The van der Waals surface area contributed by atoms with E-state index in [-0.39, 0.29) is 24.8 Å². The van der Waals surface area contributed by atoms with Crippen LogP contribution in [0.3, 0.4) is 0 Å². The van der Waals surface area contributed by atoms with Crippen LogP contribution in [0.1, 0.15) is 27.2 Å². The van der Waals surface area contributed by atoms with Gasteiger partial charge in [-0.15, -0.1) is 0 Å². The summed E-state index contributed by atoms with van der Waals surface area (Å²) in [5.41, 5.74) is 0.0854. The summed E-state index contributed by atoms with van der Waals surface area (Å²) >= 11 is 0. The molecule has 2 amide bonds. The molecule has 0 radical (unpaired) electrons. The summed E-state index contributed by atoms with van der Waals surface area (Å²) in [6, 6.07) is 6.37. The van der Waals surface area contributed by atoms with E-state index in [2.05, 4.69) is 10.6 Å². The number of nitrogens with one attached hydrogen (secondary N) is 2. The summed E-state index contributed by atoms with van der Waals surface area (Å²) in [4.78, 5) is 33.8. The van der Waals surface area contributed by atoms with Gasteiger partial charge in [0.15, 0.2) is 6.61 Å². The molecule has 0 aromatic heterocycles. The third-order valence-corrected chi connectivity index (χ3v) is 2.82. The van der Waals surface area contributed by atoms with Crippen LogP contribution >= 0.6 is 0 Å². The van der Waals surface area contributed by atoms with Crippen molar-refractivity contribution in [2.75, 3.05) is 18.5 Å². The zero-order valence-corrected chi connectivity index (χ0v) is 13.5.